The van der Waals surface area contributed by atoms with Crippen molar-refractivity contribution >= 4 is 23.2 Å². The monoisotopic (exact) mass is 388 g/mol. The summed E-state index contributed by atoms with van der Waals surface area (Å²) in [5.41, 5.74) is -2.57. The van der Waals surface area contributed by atoms with Crippen molar-refractivity contribution in [3.63, 3.8) is 0 Å². The third-order valence-electron chi connectivity index (χ3n) is 2.80. The molecule has 0 fully saturated rings. The van der Waals surface area contributed by atoms with Crippen LogP contribution in [0.3, 0.4) is 0 Å². The van der Waals surface area contributed by atoms with Gasteiger partial charge in [0.2, 0.25) is 0 Å². The number of benzene rings is 1. The Morgan fingerprint density at radius 2 is 1.71 bits per heavy atom. The minimum Gasteiger partial charge on any atom is -0.404 e. The zero-order valence-electron chi connectivity index (χ0n) is 11.1. The summed E-state index contributed by atoms with van der Waals surface area (Å²) in [4.78, 5) is 1.84. The molecule has 0 unspecified atom stereocenters. The third-order valence-corrected chi connectivity index (χ3v) is 3.37. The minimum atomic E-state index is -4.99. The Bertz CT molecular complexity index is 820. The first-order chi connectivity index (χ1) is 10.9. The van der Waals surface area contributed by atoms with Crippen molar-refractivity contribution in [2.24, 2.45) is 0 Å². The maximum absolute atomic E-state index is 12.9. The van der Waals surface area contributed by atoms with E-state index in [-0.39, 0.29) is 11.1 Å². The van der Waals surface area contributed by atoms with Crippen LogP contribution in [0.25, 0.3) is 11.1 Å². The summed E-state index contributed by atoms with van der Waals surface area (Å²) in [5.74, 6) is -0.742. The number of H-pyrrole nitrogens is 1. The average Bonchev–Trinajstić information content (AvgIpc) is 2.76. The fourth-order valence-corrected chi connectivity index (χ4v) is 2.45. The Kier molecular flexibility index (Phi) is 4.65. The number of aromatic amines is 1. The summed E-state index contributed by atoms with van der Waals surface area (Å²) in [5, 5.41) is 7.96. The molecule has 11 heteroatoms. The number of alkyl halides is 6. The number of hydrogen-bond donors (Lipinski definition) is 1. The highest BCUT2D eigenvalue weighted by molar-refractivity contribution is 6.34. The Morgan fingerprint density at radius 1 is 1.08 bits per heavy atom. The highest BCUT2D eigenvalue weighted by Crippen LogP contribution is 2.42. The first kappa shape index (κ1) is 18.3. The lowest BCUT2D eigenvalue weighted by molar-refractivity contribution is -0.274. The van der Waals surface area contributed by atoms with Crippen LogP contribution < -0.4 is 4.74 Å². The van der Waals surface area contributed by atoms with Gasteiger partial charge in [-0.2, -0.15) is 18.4 Å². The lowest BCUT2D eigenvalue weighted by Gasteiger charge is -2.11. The van der Waals surface area contributed by atoms with Gasteiger partial charge in [-0.3, -0.25) is 0 Å². The van der Waals surface area contributed by atoms with Gasteiger partial charge in [-0.1, -0.05) is 29.3 Å². The standard InChI is InChI=1S/C13H4Cl2F6N2O/c14-7-3-5(1-2-8(7)24-13(19,20)21)9-6(4-22)10(12(16,17)18)23-11(9)15/h1-3,23H. The fourth-order valence-electron chi connectivity index (χ4n) is 1.93. The molecule has 1 N–H and O–H groups in total. The molecule has 0 saturated carbocycles. The van der Waals surface area contributed by atoms with Crippen LogP contribution >= 0.6 is 23.2 Å². The van der Waals surface area contributed by atoms with Crippen molar-refractivity contribution in [1.29, 1.82) is 5.26 Å². The molecule has 3 nitrogen and oxygen atoms in total. The molecular weight excluding hydrogens is 385 g/mol. The van der Waals surface area contributed by atoms with E-state index in [4.69, 9.17) is 28.5 Å². The molecule has 0 aliphatic carbocycles. The van der Waals surface area contributed by atoms with E-state index < -0.39 is 39.7 Å². The van der Waals surface area contributed by atoms with E-state index in [2.05, 4.69) is 4.74 Å². The Hall–Kier alpha value is -2.05. The normalized spacial score (nSPS) is 12.1. The molecule has 0 aliphatic rings. The molecule has 2 rings (SSSR count). The average molecular weight is 389 g/mol. The quantitative estimate of drug-likeness (QED) is 0.663. The molecule has 1 aromatic heterocycles. The summed E-state index contributed by atoms with van der Waals surface area (Å²) in [7, 11) is 0. The zero-order chi connectivity index (χ0) is 18.3. The van der Waals surface area contributed by atoms with Crippen LogP contribution in [0.5, 0.6) is 5.75 Å². The molecule has 0 atom stereocenters. The molecule has 24 heavy (non-hydrogen) atoms. The predicted molar refractivity (Wildman–Crippen MR) is 72.6 cm³/mol. The number of rotatable bonds is 2. The van der Waals surface area contributed by atoms with Crippen LogP contribution in [0, 0.1) is 11.3 Å². The number of nitrogens with one attached hydrogen (secondary N) is 1. The van der Waals surface area contributed by atoms with Crippen LogP contribution in [0.4, 0.5) is 26.3 Å². The third kappa shape index (κ3) is 3.71. The maximum Gasteiger partial charge on any atom is 0.573 e. The molecule has 1 heterocycles. The van der Waals surface area contributed by atoms with Gasteiger partial charge in [-0.25, -0.2) is 0 Å². The van der Waals surface area contributed by atoms with E-state index in [0.717, 1.165) is 18.2 Å². The second-order valence-electron chi connectivity index (χ2n) is 4.37. The fraction of sp³-hybridized carbons (Fsp3) is 0.154. The van der Waals surface area contributed by atoms with Crippen LogP contribution in [0.15, 0.2) is 18.2 Å². The molecule has 0 amide bonds. The second kappa shape index (κ2) is 6.11. The van der Waals surface area contributed by atoms with Gasteiger partial charge in [0.05, 0.1) is 10.6 Å². The van der Waals surface area contributed by atoms with Crippen molar-refractivity contribution < 1.29 is 31.1 Å². The second-order valence-corrected chi connectivity index (χ2v) is 5.15. The lowest BCUT2D eigenvalue weighted by Crippen LogP contribution is -2.17. The van der Waals surface area contributed by atoms with E-state index in [9.17, 15) is 26.3 Å². The SMILES string of the molecule is N#Cc1c(C(F)(F)F)[nH]c(Cl)c1-c1ccc(OC(F)(F)F)c(Cl)c1. The Balaban J connectivity index is 2.56. The van der Waals surface area contributed by atoms with Gasteiger partial charge >= 0.3 is 12.5 Å². The highest BCUT2D eigenvalue weighted by Gasteiger charge is 2.38. The number of nitrogens with zero attached hydrogens (tertiary/aromatic N) is 1. The molecule has 128 valence electrons. The number of aromatic nitrogens is 1. The predicted octanol–water partition coefficient (Wildman–Crippen LogP) is 5.78. The van der Waals surface area contributed by atoms with Gasteiger partial charge in [-0.15, -0.1) is 13.2 Å². The van der Waals surface area contributed by atoms with Crippen molar-refractivity contribution in [3.05, 3.63) is 39.6 Å². The van der Waals surface area contributed by atoms with Gasteiger partial charge in [-0.05, 0) is 17.7 Å². The van der Waals surface area contributed by atoms with Gasteiger partial charge < -0.3 is 9.72 Å². The summed E-state index contributed by atoms with van der Waals surface area (Å²) in [6.07, 6.45) is -9.85. The molecule has 0 bridgehead atoms. The summed E-state index contributed by atoms with van der Waals surface area (Å²) < 4.78 is 78.8. The van der Waals surface area contributed by atoms with E-state index in [0.29, 0.717) is 0 Å². The maximum atomic E-state index is 12.9. The summed E-state index contributed by atoms with van der Waals surface area (Å²) in [6, 6.07) is 4.10. The summed E-state index contributed by atoms with van der Waals surface area (Å²) >= 11 is 11.4. The van der Waals surface area contributed by atoms with E-state index in [1.807, 2.05) is 4.98 Å². The van der Waals surface area contributed by atoms with Gasteiger partial charge in [0.25, 0.3) is 0 Å². The number of halogens is 8. The van der Waals surface area contributed by atoms with Crippen LogP contribution in [-0.4, -0.2) is 11.3 Å². The first-order valence-electron chi connectivity index (χ1n) is 5.88. The molecule has 2 aromatic rings. The van der Waals surface area contributed by atoms with E-state index in [1.165, 1.54) is 6.07 Å². The number of hydrogen-bond acceptors (Lipinski definition) is 2. The van der Waals surface area contributed by atoms with Crippen molar-refractivity contribution in [1.82, 2.24) is 4.98 Å². The lowest BCUT2D eigenvalue weighted by atomic mass is 10.0. The molecule has 0 saturated heterocycles. The number of nitriles is 1. The van der Waals surface area contributed by atoms with E-state index >= 15 is 0 Å². The van der Waals surface area contributed by atoms with E-state index in [1.54, 1.807) is 0 Å². The van der Waals surface area contributed by atoms with Crippen molar-refractivity contribution in [2.75, 3.05) is 0 Å². The molecule has 0 spiro atoms. The smallest absolute Gasteiger partial charge is 0.404 e. The first-order valence-corrected chi connectivity index (χ1v) is 6.64. The molecule has 1 aromatic carbocycles. The van der Waals surface area contributed by atoms with Crippen LogP contribution in [0.1, 0.15) is 11.3 Å². The van der Waals surface area contributed by atoms with Crippen LogP contribution in [-0.2, 0) is 6.18 Å². The largest absolute Gasteiger partial charge is 0.573 e. The van der Waals surface area contributed by atoms with Crippen molar-refractivity contribution in [3.8, 4) is 22.9 Å². The number of ether oxygens (including phenoxy) is 1. The highest BCUT2D eigenvalue weighted by atomic mass is 35.5. The van der Waals surface area contributed by atoms with Gasteiger partial charge in [0.15, 0.2) is 0 Å². The zero-order valence-corrected chi connectivity index (χ0v) is 12.6. The molecule has 0 aliphatic heterocycles. The van der Waals surface area contributed by atoms with Crippen LogP contribution in [0.2, 0.25) is 10.2 Å². The molecule has 0 radical (unpaired) electrons. The van der Waals surface area contributed by atoms with Gasteiger partial charge in [0.1, 0.15) is 22.7 Å². The van der Waals surface area contributed by atoms with Gasteiger partial charge in [0, 0.05) is 5.56 Å². The van der Waals surface area contributed by atoms with Crippen molar-refractivity contribution in [2.45, 2.75) is 12.5 Å². The Labute approximate surface area is 140 Å². The molecular formula is C13H4Cl2F6N2O. The summed E-state index contributed by atoms with van der Waals surface area (Å²) in [6.45, 7) is 0. The Morgan fingerprint density at radius 3 is 2.17 bits per heavy atom. The topological polar surface area (TPSA) is 48.8 Å². The minimum absolute atomic E-state index is 0.0807.